The number of ether oxygens (including phenoxy) is 1. The van der Waals surface area contributed by atoms with Crippen LogP contribution in [0.15, 0.2) is 23.0 Å². The number of nitrogens with zero attached hydrogens (tertiary/aromatic N) is 3. The van der Waals surface area contributed by atoms with Crippen molar-refractivity contribution in [3.63, 3.8) is 0 Å². The van der Waals surface area contributed by atoms with E-state index in [2.05, 4.69) is 24.1 Å². The van der Waals surface area contributed by atoms with Gasteiger partial charge in [0.25, 0.3) is 11.5 Å². The number of morpholine rings is 1. The summed E-state index contributed by atoms with van der Waals surface area (Å²) >= 11 is 0. The van der Waals surface area contributed by atoms with Gasteiger partial charge in [0.05, 0.1) is 24.1 Å². The van der Waals surface area contributed by atoms with E-state index in [4.69, 9.17) is 9.72 Å². The summed E-state index contributed by atoms with van der Waals surface area (Å²) in [6.07, 6.45) is 4.00. The third-order valence-electron chi connectivity index (χ3n) is 6.13. The Kier molecular flexibility index (Phi) is 5.69. The molecule has 1 aromatic carbocycles. The molecule has 0 spiro atoms. The Morgan fingerprint density at radius 1 is 1.17 bits per heavy atom. The van der Waals surface area contributed by atoms with Crippen molar-refractivity contribution in [1.29, 1.82) is 0 Å². The number of fused-ring (bicyclic) bond motifs is 2. The Bertz CT molecular complexity index is 960. The van der Waals surface area contributed by atoms with Gasteiger partial charge < -0.3 is 10.1 Å². The lowest BCUT2D eigenvalue weighted by Crippen LogP contribution is -2.55. The monoisotopic (exact) mass is 398 g/mol. The van der Waals surface area contributed by atoms with E-state index in [0.717, 1.165) is 64.4 Å². The van der Waals surface area contributed by atoms with Crippen molar-refractivity contribution >= 4 is 16.8 Å². The fourth-order valence-corrected chi connectivity index (χ4v) is 4.24. The molecular weight excluding hydrogens is 368 g/mol. The lowest BCUT2D eigenvalue weighted by atomic mass is 10.0. The van der Waals surface area contributed by atoms with Gasteiger partial charge in [0, 0.05) is 43.7 Å². The van der Waals surface area contributed by atoms with Gasteiger partial charge in [0.15, 0.2) is 0 Å². The highest BCUT2D eigenvalue weighted by Crippen LogP contribution is 2.18. The fourth-order valence-electron chi connectivity index (χ4n) is 4.24. The predicted octanol–water partition coefficient (Wildman–Crippen LogP) is 1.96. The number of hydrogen-bond acceptors (Lipinski definition) is 5. The van der Waals surface area contributed by atoms with Crippen LogP contribution in [0.1, 0.15) is 49.3 Å². The maximum absolute atomic E-state index is 12.8. The summed E-state index contributed by atoms with van der Waals surface area (Å²) < 4.78 is 7.23. The number of carbonyl (C=O) groups is 1. The number of aromatic nitrogens is 2. The Hall–Kier alpha value is -2.25. The van der Waals surface area contributed by atoms with Gasteiger partial charge in [-0.3, -0.25) is 19.1 Å². The summed E-state index contributed by atoms with van der Waals surface area (Å²) in [4.78, 5) is 32.7. The minimum atomic E-state index is -0.148. The van der Waals surface area contributed by atoms with Crippen LogP contribution in [0.25, 0.3) is 10.9 Å². The lowest BCUT2D eigenvalue weighted by molar-refractivity contribution is -0.00923. The molecule has 1 N–H and O–H groups in total. The summed E-state index contributed by atoms with van der Waals surface area (Å²) in [6, 6.07) is 5.22. The molecule has 3 heterocycles. The van der Waals surface area contributed by atoms with E-state index in [1.54, 1.807) is 22.8 Å². The van der Waals surface area contributed by atoms with Crippen molar-refractivity contribution in [2.45, 2.75) is 51.6 Å². The standard InChI is InChI=1S/C22H30N4O3/c1-22(2,25-10-12-29-13-11-25)15-23-20(27)16-7-8-17-18(14-16)24-19-6-4-3-5-9-26(19)21(17)28/h7-8,14H,3-6,9-13,15H2,1-2H3,(H,23,27). The van der Waals surface area contributed by atoms with Gasteiger partial charge in [-0.1, -0.05) is 6.42 Å². The molecule has 0 bridgehead atoms. The van der Waals surface area contributed by atoms with Gasteiger partial charge in [-0.15, -0.1) is 0 Å². The van der Waals surface area contributed by atoms with Crippen LogP contribution in [0.5, 0.6) is 0 Å². The van der Waals surface area contributed by atoms with Crippen LogP contribution >= 0.6 is 0 Å². The van der Waals surface area contributed by atoms with E-state index >= 15 is 0 Å². The first-order valence-corrected chi connectivity index (χ1v) is 10.6. The first-order valence-electron chi connectivity index (χ1n) is 10.6. The van der Waals surface area contributed by atoms with Crippen molar-refractivity contribution < 1.29 is 9.53 Å². The van der Waals surface area contributed by atoms with Crippen LogP contribution in [0.4, 0.5) is 0 Å². The normalized spacial score (nSPS) is 18.3. The average Bonchev–Trinajstić information content (AvgIpc) is 2.98. The van der Waals surface area contributed by atoms with Gasteiger partial charge >= 0.3 is 0 Å². The van der Waals surface area contributed by atoms with Crippen LogP contribution < -0.4 is 10.9 Å². The molecule has 29 heavy (non-hydrogen) atoms. The molecule has 0 aliphatic carbocycles. The number of rotatable bonds is 4. The van der Waals surface area contributed by atoms with Gasteiger partial charge in [0.1, 0.15) is 5.82 Å². The first kappa shape index (κ1) is 20.0. The van der Waals surface area contributed by atoms with Crippen LogP contribution in [-0.2, 0) is 17.7 Å². The van der Waals surface area contributed by atoms with E-state index in [1.165, 1.54) is 0 Å². The molecule has 156 valence electrons. The molecule has 0 radical (unpaired) electrons. The first-order chi connectivity index (χ1) is 14.0. The molecule has 2 aliphatic heterocycles. The zero-order valence-electron chi connectivity index (χ0n) is 17.4. The Balaban J connectivity index is 1.53. The second-order valence-corrected chi connectivity index (χ2v) is 8.62. The average molecular weight is 399 g/mol. The lowest BCUT2D eigenvalue weighted by Gasteiger charge is -2.40. The molecule has 4 rings (SSSR count). The maximum atomic E-state index is 12.8. The highest BCUT2D eigenvalue weighted by Gasteiger charge is 2.28. The Morgan fingerprint density at radius 2 is 1.97 bits per heavy atom. The minimum absolute atomic E-state index is 0.00677. The van der Waals surface area contributed by atoms with Crippen LogP contribution in [0, 0.1) is 0 Å². The zero-order chi connectivity index (χ0) is 20.4. The predicted molar refractivity (Wildman–Crippen MR) is 112 cm³/mol. The van der Waals surface area contributed by atoms with Crippen molar-refractivity contribution in [2.24, 2.45) is 0 Å². The topological polar surface area (TPSA) is 76.5 Å². The smallest absolute Gasteiger partial charge is 0.261 e. The van der Waals surface area contributed by atoms with Crippen molar-refractivity contribution in [1.82, 2.24) is 19.8 Å². The Morgan fingerprint density at radius 3 is 2.76 bits per heavy atom. The SMILES string of the molecule is CC(C)(CNC(=O)c1ccc2c(=O)n3c(nc2c1)CCCCC3)N1CCOCC1. The second-order valence-electron chi connectivity index (χ2n) is 8.62. The van der Waals surface area contributed by atoms with Crippen molar-refractivity contribution in [3.05, 3.63) is 39.9 Å². The van der Waals surface area contributed by atoms with Crippen LogP contribution in [0.2, 0.25) is 0 Å². The van der Waals surface area contributed by atoms with Crippen LogP contribution in [-0.4, -0.2) is 58.7 Å². The third-order valence-corrected chi connectivity index (χ3v) is 6.13. The quantitative estimate of drug-likeness (QED) is 0.852. The van der Waals surface area contributed by atoms with E-state index in [-0.39, 0.29) is 17.0 Å². The number of aryl methyl sites for hydroxylation is 1. The summed E-state index contributed by atoms with van der Waals surface area (Å²) in [5, 5.41) is 3.64. The molecule has 1 fully saturated rings. The molecular formula is C22H30N4O3. The molecule has 0 atom stereocenters. The van der Waals surface area contributed by atoms with Crippen molar-refractivity contribution in [2.75, 3.05) is 32.8 Å². The highest BCUT2D eigenvalue weighted by atomic mass is 16.5. The molecule has 1 saturated heterocycles. The summed E-state index contributed by atoms with van der Waals surface area (Å²) in [7, 11) is 0. The molecule has 7 nitrogen and oxygen atoms in total. The fraction of sp³-hybridized carbons (Fsp3) is 0.591. The number of amides is 1. The largest absolute Gasteiger partial charge is 0.379 e. The number of hydrogen-bond donors (Lipinski definition) is 1. The van der Waals surface area contributed by atoms with Crippen molar-refractivity contribution in [3.8, 4) is 0 Å². The molecule has 1 amide bonds. The van der Waals surface area contributed by atoms with E-state index in [9.17, 15) is 9.59 Å². The number of carbonyl (C=O) groups excluding carboxylic acids is 1. The molecule has 0 saturated carbocycles. The second kappa shape index (κ2) is 8.24. The molecule has 2 aliphatic rings. The minimum Gasteiger partial charge on any atom is -0.379 e. The molecule has 7 heteroatoms. The van der Waals surface area contributed by atoms with Gasteiger partial charge in [-0.25, -0.2) is 4.98 Å². The van der Waals surface area contributed by atoms with Gasteiger partial charge in [-0.05, 0) is 44.9 Å². The number of nitrogens with one attached hydrogen (secondary N) is 1. The van der Waals surface area contributed by atoms with E-state index in [0.29, 0.717) is 23.0 Å². The maximum Gasteiger partial charge on any atom is 0.261 e. The van der Waals surface area contributed by atoms with E-state index < -0.39 is 0 Å². The van der Waals surface area contributed by atoms with Gasteiger partial charge in [0.2, 0.25) is 0 Å². The Labute approximate surface area is 171 Å². The summed E-state index contributed by atoms with van der Waals surface area (Å²) in [6.45, 7) is 8.75. The zero-order valence-corrected chi connectivity index (χ0v) is 17.4. The highest BCUT2D eigenvalue weighted by molar-refractivity contribution is 5.97. The summed E-state index contributed by atoms with van der Waals surface area (Å²) in [5.41, 5.74) is 1.02. The number of benzene rings is 1. The molecule has 1 aromatic heterocycles. The summed E-state index contributed by atoms with van der Waals surface area (Å²) in [5.74, 6) is 0.705. The van der Waals surface area contributed by atoms with E-state index in [1.807, 2.05) is 0 Å². The third kappa shape index (κ3) is 4.21. The molecule has 2 aromatic rings. The van der Waals surface area contributed by atoms with Gasteiger partial charge in [-0.2, -0.15) is 0 Å². The molecule has 0 unspecified atom stereocenters. The van der Waals surface area contributed by atoms with Crippen LogP contribution in [0.3, 0.4) is 0 Å².